The first-order valence-electron chi connectivity index (χ1n) is 5.52. The van der Waals surface area contributed by atoms with Gasteiger partial charge in [0.05, 0.1) is 6.61 Å². The number of epoxide rings is 1. The summed E-state index contributed by atoms with van der Waals surface area (Å²) in [6, 6.07) is 13.1. The number of benzene rings is 2. The minimum atomic E-state index is 0.348. The highest BCUT2D eigenvalue weighted by Gasteiger charge is 2.26. The van der Waals surface area contributed by atoms with Gasteiger partial charge in [0.2, 0.25) is 0 Å². The molecule has 0 amide bonds. The lowest BCUT2D eigenvalue weighted by atomic mass is 9.97. The molecule has 76 valence electrons. The maximum Gasteiger partial charge on any atom is 0.107 e. The third-order valence-electron chi connectivity index (χ3n) is 3.11. The van der Waals surface area contributed by atoms with Gasteiger partial charge in [-0.25, -0.2) is 0 Å². The molecule has 0 radical (unpaired) electrons. The van der Waals surface area contributed by atoms with Gasteiger partial charge in [-0.05, 0) is 28.3 Å². The first-order chi connectivity index (χ1) is 7.40. The zero-order chi connectivity index (χ0) is 10.3. The van der Waals surface area contributed by atoms with Crippen molar-refractivity contribution in [2.45, 2.75) is 19.4 Å². The molecule has 0 N–H and O–H groups in total. The van der Waals surface area contributed by atoms with Gasteiger partial charge in [-0.15, -0.1) is 0 Å². The molecule has 1 saturated heterocycles. The summed E-state index contributed by atoms with van der Waals surface area (Å²) in [5, 5.41) is 2.74. The molecule has 1 heteroatoms. The number of ether oxygens (including phenoxy) is 1. The molecular weight excluding hydrogens is 184 g/mol. The molecule has 0 bridgehead atoms. The second-order valence-corrected chi connectivity index (χ2v) is 4.04. The summed E-state index contributed by atoms with van der Waals surface area (Å²) in [5.74, 6) is 0. The lowest BCUT2D eigenvalue weighted by Gasteiger charge is -2.08. The molecule has 0 spiro atoms. The second kappa shape index (κ2) is 3.35. The van der Waals surface area contributed by atoms with Gasteiger partial charge in [0.1, 0.15) is 6.10 Å². The summed E-state index contributed by atoms with van der Waals surface area (Å²) < 4.78 is 5.38. The predicted molar refractivity (Wildman–Crippen MR) is 62.0 cm³/mol. The second-order valence-electron chi connectivity index (χ2n) is 4.04. The Hall–Kier alpha value is -1.34. The Morgan fingerprint density at radius 2 is 1.87 bits per heavy atom. The Morgan fingerprint density at radius 1 is 1.13 bits per heavy atom. The highest BCUT2D eigenvalue weighted by atomic mass is 16.6. The molecule has 0 aromatic heterocycles. The van der Waals surface area contributed by atoms with Crippen molar-refractivity contribution in [3.05, 3.63) is 47.5 Å². The van der Waals surface area contributed by atoms with Gasteiger partial charge in [0, 0.05) is 0 Å². The van der Waals surface area contributed by atoms with Gasteiger partial charge in [-0.3, -0.25) is 0 Å². The van der Waals surface area contributed by atoms with Gasteiger partial charge in [-0.1, -0.05) is 43.3 Å². The van der Waals surface area contributed by atoms with Crippen LogP contribution in [-0.4, -0.2) is 6.61 Å². The fourth-order valence-corrected chi connectivity index (χ4v) is 2.20. The van der Waals surface area contributed by atoms with Crippen LogP contribution in [0.3, 0.4) is 0 Å². The summed E-state index contributed by atoms with van der Waals surface area (Å²) in [6.45, 7) is 3.09. The normalized spacial score (nSPS) is 19.4. The first kappa shape index (κ1) is 8.93. The zero-order valence-electron chi connectivity index (χ0n) is 8.86. The number of aryl methyl sites for hydroxylation is 1. The van der Waals surface area contributed by atoms with Crippen LogP contribution < -0.4 is 0 Å². The highest BCUT2D eigenvalue weighted by Crippen LogP contribution is 2.36. The molecule has 1 heterocycles. The first-order valence-corrected chi connectivity index (χ1v) is 5.52. The average Bonchev–Trinajstić information content (AvgIpc) is 3.11. The third kappa shape index (κ3) is 1.44. The minimum Gasteiger partial charge on any atom is -0.368 e. The summed E-state index contributed by atoms with van der Waals surface area (Å²) in [7, 11) is 0. The standard InChI is InChI=1S/C14H14O/c1-2-10-7-8-13(14-9-15-14)12-6-4-3-5-11(10)12/h3-8,14H,2,9H2,1H3. The number of hydrogen-bond acceptors (Lipinski definition) is 1. The lowest BCUT2D eigenvalue weighted by Crippen LogP contribution is -1.89. The molecular formula is C14H14O. The molecule has 1 aliphatic rings. The fraction of sp³-hybridized carbons (Fsp3) is 0.286. The van der Waals surface area contributed by atoms with E-state index in [4.69, 9.17) is 4.74 Å². The van der Waals surface area contributed by atoms with Gasteiger partial charge in [-0.2, -0.15) is 0 Å². The van der Waals surface area contributed by atoms with Crippen molar-refractivity contribution in [1.82, 2.24) is 0 Å². The van der Waals surface area contributed by atoms with Crippen LogP contribution in [0.1, 0.15) is 24.2 Å². The van der Waals surface area contributed by atoms with Crippen LogP contribution >= 0.6 is 0 Å². The molecule has 1 fully saturated rings. The van der Waals surface area contributed by atoms with Crippen molar-refractivity contribution < 1.29 is 4.74 Å². The average molecular weight is 198 g/mol. The Labute approximate surface area is 89.7 Å². The van der Waals surface area contributed by atoms with Gasteiger partial charge in [0.25, 0.3) is 0 Å². The van der Waals surface area contributed by atoms with Crippen molar-refractivity contribution in [1.29, 1.82) is 0 Å². The van der Waals surface area contributed by atoms with Crippen molar-refractivity contribution in [3.8, 4) is 0 Å². The lowest BCUT2D eigenvalue weighted by molar-refractivity contribution is 0.417. The maximum atomic E-state index is 5.38. The molecule has 0 saturated carbocycles. The summed E-state index contributed by atoms with van der Waals surface area (Å²) in [5.41, 5.74) is 2.78. The maximum absolute atomic E-state index is 5.38. The van der Waals surface area contributed by atoms with E-state index in [1.54, 1.807) is 0 Å². The van der Waals surface area contributed by atoms with Crippen LogP contribution in [0.2, 0.25) is 0 Å². The number of fused-ring (bicyclic) bond motifs is 1. The van der Waals surface area contributed by atoms with Crippen LogP contribution in [0.15, 0.2) is 36.4 Å². The van der Waals surface area contributed by atoms with E-state index in [1.807, 2.05) is 0 Å². The molecule has 2 aromatic carbocycles. The molecule has 1 nitrogen and oxygen atoms in total. The SMILES string of the molecule is CCc1ccc(C2CO2)c2ccccc12. The number of hydrogen-bond donors (Lipinski definition) is 0. The monoisotopic (exact) mass is 198 g/mol. The Balaban J connectivity index is 2.30. The minimum absolute atomic E-state index is 0.348. The van der Waals surface area contributed by atoms with Crippen molar-refractivity contribution in [3.63, 3.8) is 0 Å². The Morgan fingerprint density at radius 3 is 2.53 bits per heavy atom. The fourth-order valence-electron chi connectivity index (χ4n) is 2.20. The largest absolute Gasteiger partial charge is 0.368 e. The Bertz CT molecular complexity index is 498. The molecule has 0 aliphatic carbocycles. The van der Waals surface area contributed by atoms with Crippen LogP contribution in [0, 0.1) is 0 Å². The van der Waals surface area contributed by atoms with Crippen molar-refractivity contribution in [2.24, 2.45) is 0 Å². The van der Waals surface area contributed by atoms with E-state index < -0.39 is 0 Å². The van der Waals surface area contributed by atoms with E-state index >= 15 is 0 Å². The van der Waals surface area contributed by atoms with Crippen LogP contribution in [0.5, 0.6) is 0 Å². The summed E-state index contributed by atoms with van der Waals surface area (Å²) in [4.78, 5) is 0. The summed E-state index contributed by atoms with van der Waals surface area (Å²) >= 11 is 0. The van der Waals surface area contributed by atoms with Gasteiger partial charge < -0.3 is 4.74 Å². The van der Waals surface area contributed by atoms with Gasteiger partial charge >= 0.3 is 0 Å². The van der Waals surface area contributed by atoms with Crippen molar-refractivity contribution >= 4 is 10.8 Å². The highest BCUT2D eigenvalue weighted by molar-refractivity contribution is 5.89. The third-order valence-corrected chi connectivity index (χ3v) is 3.11. The van der Waals surface area contributed by atoms with E-state index in [2.05, 4.69) is 43.3 Å². The van der Waals surface area contributed by atoms with E-state index in [-0.39, 0.29) is 0 Å². The zero-order valence-corrected chi connectivity index (χ0v) is 8.86. The Kier molecular flexibility index (Phi) is 2.00. The van der Waals surface area contributed by atoms with E-state index in [9.17, 15) is 0 Å². The van der Waals surface area contributed by atoms with E-state index in [1.165, 1.54) is 21.9 Å². The molecule has 15 heavy (non-hydrogen) atoms. The smallest absolute Gasteiger partial charge is 0.107 e. The number of rotatable bonds is 2. The van der Waals surface area contributed by atoms with Crippen LogP contribution in [0.4, 0.5) is 0 Å². The molecule has 2 aromatic rings. The topological polar surface area (TPSA) is 12.5 Å². The molecule has 1 unspecified atom stereocenters. The van der Waals surface area contributed by atoms with Gasteiger partial charge in [0.15, 0.2) is 0 Å². The van der Waals surface area contributed by atoms with Crippen LogP contribution in [-0.2, 0) is 11.2 Å². The predicted octanol–water partition coefficient (Wildman–Crippen LogP) is 3.47. The molecule has 3 rings (SSSR count). The quantitative estimate of drug-likeness (QED) is 0.673. The molecule has 1 aliphatic heterocycles. The van der Waals surface area contributed by atoms with Crippen LogP contribution in [0.25, 0.3) is 10.8 Å². The molecule has 1 atom stereocenters. The van der Waals surface area contributed by atoms with E-state index in [0.29, 0.717) is 6.10 Å². The van der Waals surface area contributed by atoms with Crippen molar-refractivity contribution in [2.75, 3.05) is 6.61 Å². The summed E-state index contributed by atoms with van der Waals surface area (Å²) in [6.07, 6.45) is 1.44. The van der Waals surface area contributed by atoms with E-state index in [0.717, 1.165) is 13.0 Å².